The molecule has 27 heavy (non-hydrogen) atoms. The highest BCUT2D eigenvalue weighted by atomic mass is 35.5. The van der Waals surface area contributed by atoms with E-state index in [9.17, 15) is 20.1 Å². The summed E-state index contributed by atoms with van der Waals surface area (Å²) in [6, 6.07) is -0.934. The minimum absolute atomic E-state index is 0.147. The lowest BCUT2D eigenvalue weighted by Crippen LogP contribution is -2.65. The topological polar surface area (TPSA) is 102 Å². The molecule has 2 saturated heterocycles. The monoisotopic (exact) mass is 424 g/mol. The van der Waals surface area contributed by atoms with Gasteiger partial charge in [-0.3, -0.25) is 9.69 Å². The molecule has 1 amide bonds. The van der Waals surface area contributed by atoms with Gasteiger partial charge in [0.25, 0.3) is 0 Å². The first-order valence-electron chi connectivity index (χ1n) is 9.58. The van der Waals surface area contributed by atoms with Crippen LogP contribution in [0.2, 0.25) is 0 Å². The molecule has 0 saturated carbocycles. The smallest absolute Gasteiger partial charge is 0.237 e. The third-order valence-electron chi connectivity index (χ3n) is 5.63. The Morgan fingerprint density at radius 3 is 2.56 bits per heavy atom. The Morgan fingerprint density at radius 2 is 2.00 bits per heavy atom. The van der Waals surface area contributed by atoms with Crippen LogP contribution >= 0.6 is 23.4 Å². The van der Waals surface area contributed by atoms with Crippen molar-refractivity contribution in [3.63, 3.8) is 0 Å². The maximum Gasteiger partial charge on any atom is 0.237 e. The lowest BCUT2D eigenvalue weighted by Gasteiger charge is -2.44. The first-order valence-corrected chi connectivity index (χ1v) is 11.3. The number of aliphatic hydroxyl groups excluding tert-OH is 3. The fraction of sp³-hybridized carbons (Fsp3) is 0.944. The number of carbonyl (C=O) groups is 1. The van der Waals surface area contributed by atoms with E-state index in [4.69, 9.17) is 16.3 Å². The number of thioether (sulfide) groups is 1. The molecule has 2 fully saturated rings. The lowest BCUT2D eigenvalue weighted by atomic mass is 9.92. The van der Waals surface area contributed by atoms with E-state index in [1.165, 1.54) is 11.8 Å². The lowest BCUT2D eigenvalue weighted by molar-refractivity contribution is -0.205. The van der Waals surface area contributed by atoms with Gasteiger partial charge < -0.3 is 25.4 Å². The molecule has 0 spiro atoms. The number of amides is 1. The van der Waals surface area contributed by atoms with Crippen LogP contribution in [0, 0.1) is 5.92 Å². The van der Waals surface area contributed by atoms with Crippen molar-refractivity contribution in [1.29, 1.82) is 0 Å². The Labute approximate surface area is 170 Å². The Bertz CT molecular complexity index is 498. The standard InChI is InChI=1S/C18H33ClN2O5S/c1-5-6-10-7-11(21(3)8-10)17(25)20-12(9(2)19)16-14(23)13(22)15(24)18(26-16)27-4/h9-16,18,22-24H,5-8H2,1-4H3,(H,20,25)/t9-,10+,11-,12+,13-,14+,15+,16+,18+/m1/s1. The zero-order valence-corrected chi connectivity index (χ0v) is 18.0. The average Bonchev–Trinajstić information content (AvgIpc) is 2.99. The van der Waals surface area contributed by atoms with E-state index in [0.29, 0.717) is 5.92 Å². The van der Waals surface area contributed by atoms with Crippen molar-refractivity contribution in [3.05, 3.63) is 0 Å². The van der Waals surface area contributed by atoms with Crippen LogP contribution in [0.5, 0.6) is 0 Å². The van der Waals surface area contributed by atoms with Gasteiger partial charge in [0.15, 0.2) is 0 Å². The van der Waals surface area contributed by atoms with Crippen LogP contribution in [-0.2, 0) is 9.53 Å². The molecule has 0 aliphatic carbocycles. The maximum atomic E-state index is 12.9. The second kappa shape index (κ2) is 10.1. The van der Waals surface area contributed by atoms with Crippen molar-refractivity contribution < 1.29 is 24.9 Å². The first-order chi connectivity index (χ1) is 12.7. The van der Waals surface area contributed by atoms with Gasteiger partial charge in [0.2, 0.25) is 5.91 Å². The number of likely N-dealkylation sites (N-methyl/N-ethyl adjacent to an activating group) is 1. The van der Waals surface area contributed by atoms with E-state index in [2.05, 4.69) is 12.2 Å². The molecular formula is C18H33ClN2O5S. The SMILES string of the molecule is CCC[C@H]1C[C@H](C(=O)N[C@H]([C@@H]2O[C@@H](SC)[C@@H](O)[C@H](O)[C@@H]2O)[C@@H](C)Cl)N(C)C1. The molecular weight excluding hydrogens is 392 g/mol. The molecule has 0 aromatic heterocycles. The molecule has 2 heterocycles. The van der Waals surface area contributed by atoms with Crippen molar-refractivity contribution in [2.24, 2.45) is 5.92 Å². The number of nitrogens with one attached hydrogen (secondary N) is 1. The summed E-state index contributed by atoms with van der Waals surface area (Å²) in [4.78, 5) is 14.9. The largest absolute Gasteiger partial charge is 0.388 e. The molecule has 9 atom stereocenters. The summed E-state index contributed by atoms with van der Waals surface area (Å²) in [7, 11) is 1.94. The maximum absolute atomic E-state index is 12.9. The van der Waals surface area contributed by atoms with Crippen molar-refractivity contribution in [2.75, 3.05) is 19.8 Å². The van der Waals surface area contributed by atoms with Gasteiger partial charge in [0.1, 0.15) is 29.9 Å². The van der Waals surface area contributed by atoms with Gasteiger partial charge in [-0.05, 0) is 39.0 Å². The molecule has 0 unspecified atom stereocenters. The minimum atomic E-state index is -1.36. The van der Waals surface area contributed by atoms with E-state index < -0.39 is 41.3 Å². The molecule has 0 bridgehead atoms. The van der Waals surface area contributed by atoms with E-state index in [-0.39, 0.29) is 11.9 Å². The van der Waals surface area contributed by atoms with Gasteiger partial charge in [-0.2, -0.15) is 0 Å². The van der Waals surface area contributed by atoms with Crippen molar-refractivity contribution in [3.8, 4) is 0 Å². The van der Waals surface area contributed by atoms with Gasteiger partial charge >= 0.3 is 0 Å². The van der Waals surface area contributed by atoms with Crippen LogP contribution in [0.1, 0.15) is 33.1 Å². The Kier molecular flexibility index (Phi) is 8.67. The zero-order chi connectivity index (χ0) is 20.3. The molecule has 0 aromatic rings. The van der Waals surface area contributed by atoms with E-state index in [1.54, 1.807) is 13.2 Å². The molecule has 2 rings (SSSR count). The second-order valence-electron chi connectivity index (χ2n) is 7.73. The second-order valence-corrected chi connectivity index (χ2v) is 9.36. The van der Waals surface area contributed by atoms with E-state index in [1.807, 2.05) is 11.9 Å². The number of likely N-dealkylation sites (tertiary alicyclic amines) is 1. The van der Waals surface area contributed by atoms with Crippen LogP contribution in [0.15, 0.2) is 0 Å². The van der Waals surface area contributed by atoms with Crippen molar-refractivity contribution >= 4 is 29.3 Å². The van der Waals surface area contributed by atoms with Crippen molar-refractivity contribution in [2.45, 2.75) is 80.4 Å². The van der Waals surface area contributed by atoms with Crippen LogP contribution in [-0.4, -0.2) is 93.3 Å². The Balaban J connectivity index is 2.09. The molecule has 2 aliphatic rings. The van der Waals surface area contributed by atoms with E-state index >= 15 is 0 Å². The summed E-state index contributed by atoms with van der Waals surface area (Å²) in [6.07, 6.45) is -0.0980. The predicted octanol–water partition coefficient (Wildman–Crippen LogP) is 0.390. The number of ether oxygens (including phenoxy) is 1. The number of carbonyl (C=O) groups excluding carboxylic acids is 1. The summed E-state index contributed by atoms with van der Waals surface area (Å²) >= 11 is 7.55. The van der Waals surface area contributed by atoms with Gasteiger partial charge in [-0.15, -0.1) is 23.4 Å². The molecule has 158 valence electrons. The Hall–Kier alpha value is -0.0900. The zero-order valence-electron chi connectivity index (χ0n) is 16.4. The molecule has 9 heteroatoms. The molecule has 7 nitrogen and oxygen atoms in total. The van der Waals surface area contributed by atoms with Gasteiger partial charge in [0, 0.05) is 6.54 Å². The highest BCUT2D eigenvalue weighted by Gasteiger charge is 2.48. The summed E-state index contributed by atoms with van der Waals surface area (Å²) in [5.41, 5.74) is -0.702. The fourth-order valence-corrected chi connectivity index (χ4v) is 5.00. The summed E-state index contributed by atoms with van der Waals surface area (Å²) in [5.74, 6) is 0.350. The summed E-state index contributed by atoms with van der Waals surface area (Å²) in [5, 5.41) is 33.0. The highest BCUT2D eigenvalue weighted by molar-refractivity contribution is 7.99. The normalized spacial score (nSPS) is 39.9. The van der Waals surface area contributed by atoms with Crippen LogP contribution < -0.4 is 5.32 Å². The highest BCUT2D eigenvalue weighted by Crippen LogP contribution is 2.31. The number of alkyl halides is 1. The third-order valence-corrected chi connectivity index (χ3v) is 6.76. The molecule has 0 radical (unpaired) electrons. The van der Waals surface area contributed by atoms with Crippen LogP contribution in [0.4, 0.5) is 0 Å². The van der Waals surface area contributed by atoms with E-state index in [0.717, 1.165) is 25.8 Å². The summed E-state index contributed by atoms with van der Waals surface area (Å²) < 4.78 is 5.79. The molecule has 4 N–H and O–H groups in total. The number of halogens is 1. The number of rotatable bonds is 7. The summed E-state index contributed by atoms with van der Waals surface area (Å²) in [6.45, 7) is 4.74. The fourth-order valence-electron chi connectivity index (χ4n) is 4.11. The number of hydrogen-bond donors (Lipinski definition) is 4. The van der Waals surface area contributed by atoms with Crippen LogP contribution in [0.25, 0.3) is 0 Å². The number of nitrogens with zero attached hydrogens (tertiary/aromatic N) is 1. The number of hydrogen-bond acceptors (Lipinski definition) is 7. The van der Waals surface area contributed by atoms with Gasteiger partial charge in [-0.1, -0.05) is 13.3 Å². The molecule has 2 aliphatic heterocycles. The predicted molar refractivity (Wildman–Crippen MR) is 107 cm³/mol. The molecule has 0 aromatic carbocycles. The minimum Gasteiger partial charge on any atom is -0.388 e. The third kappa shape index (κ3) is 5.29. The van der Waals surface area contributed by atoms with Gasteiger partial charge in [-0.25, -0.2) is 0 Å². The Morgan fingerprint density at radius 1 is 1.33 bits per heavy atom. The number of aliphatic hydroxyl groups is 3. The average molecular weight is 425 g/mol. The first kappa shape index (κ1) is 23.2. The van der Waals surface area contributed by atoms with Crippen LogP contribution in [0.3, 0.4) is 0 Å². The van der Waals surface area contributed by atoms with Gasteiger partial charge in [0.05, 0.1) is 17.5 Å². The van der Waals surface area contributed by atoms with Crippen molar-refractivity contribution in [1.82, 2.24) is 10.2 Å². The quantitative estimate of drug-likeness (QED) is 0.438.